The van der Waals surface area contributed by atoms with Crippen molar-refractivity contribution in [2.45, 2.75) is 162 Å². The summed E-state index contributed by atoms with van der Waals surface area (Å²) >= 11 is 1.58. The molecule has 0 bridgehead atoms. The number of nitrogens with zero attached hydrogens (tertiary/aromatic N) is 6. The Balaban J connectivity index is 0.660. The van der Waals surface area contributed by atoms with Crippen molar-refractivity contribution in [3.05, 3.63) is 105 Å². The first-order chi connectivity index (χ1) is 37.4. The topological polar surface area (TPSA) is 195 Å². The number of amides is 4. The number of carbonyl (C=O) groups excluding carboxylic acids is 5. The number of aliphatic hydroxyl groups excluding tert-OH is 1. The number of fused-ring (bicyclic) bond motifs is 4. The number of aromatic amines is 1. The molecule has 9 rings (SSSR count). The summed E-state index contributed by atoms with van der Waals surface area (Å²) in [6.07, 6.45) is 8.35. The molecule has 3 aliphatic heterocycles. The molecule has 0 radical (unpaired) electrons. The van der Waals surface area contributed by atoms with E-state index in [2.05, 4.69) is 69.4 Å². The van der Waals surface area contributed by atoms with Gasteiger partial charge >= 0.3 is 0 Å². The number of aromatic nitrogens is 2. The van der Waals surface area contributed by atoms with Gasteiger partial charge in [0.2, 0.25) is 23.6 Å². The summed E-state index contributed by atoms with van der Waals surface area (Å²) in [6.45, 7) is 19.7. The van der Waals surface area contributed by atoms with Crippen molar-refractivity contribution < 1.29 is 29.1 Å². The van der Waals surface area contributed by atoms with Crippen molar-refractivity contribution in [3.8, 4) is 16.5 Å². The third-order valence-electron chi connectivity index (χ3n) is 17.0. The van der Waals surface area contributed by atoms with E-state index in [-0.39, 0.29) is 55.3 Å². The predicted octanol–water partition coefficient (Wildman–Crippen LogP) is 8.95. The molecule has 3 aromatic carbocycles. The Morgan fingerprint density at radius 2 is 1.62 bits per heavy atom. The van der Waals surface area contributed by atoms with Crippen molar-refractivity contribution in [1.29, 1.82) is 5.26 Å². The molecule has 78 heavy (non-hydrogen) atoms. The number of unbranched alkanes of at least 4 members (excludes halogenated alkanes) is 5. The molecule has 16 heteroatoms. The molecule has 5 aromatic rings. The molecule has 5 heterocycles. The van der Waals surface area contributed by atoms with Crippen LogP contribution in [-0.4, -0.2) is 129 Å². The van der Waals surface area contributed by atoms with Gasteiger partial charge in [0.05, 0.1) is 39.4 Å². The number of carbonyl (C=O) groups is 5. The number of ketones is 1. The lowest BCUT2D eigenvalue weighted by Crippen LogP contribution is -2.57. The van der Waals surface area contributed by atoms with Gasteiger partial charge in [-0.1, -0.05) is 97.6 Å². The van der Waals surface area contributed by atoms with Gasteiger partial charge in [-0.3, -0.25) is 28.9 Å². The van der Waals surface area contributed by atoms with E-state index in [1.165, 1.54) is 16.2 Å². The number of likely N-dealkylation sites (tertiary alicyclic amines) is 1. The van der Waals surface area contributed by atoms with Crippen molar-refractivity contribution in [2.24, 2.45) is 5.41 Å². The van der Waals surface area contributed by atoms with E-state index in [0.29, 0.717) is 24.4 Å². The number of piperidine rings is 1. The van der Waals surface area contributed by atoms with E-state index in [4.69, 9.17) is 0 Å². The monoisotopic (exact) mass is 1080 g/mol. The molecule has 4 N–H and O–H groups in total. The van der Waals surface area contributed by atoms with Gasteiger partial charge in [-0.25, -0.2) is 4.98 Å². The molecular formula is C62H79N9O6S. The molecule has 2 aromatic heterocycles. The van der Waals surface area contributed by atoms with E-state index in [0.717, 1.165) is 146 Å². The van der Waals surface area contributed by atoms with E-state index in [1.807, 2.05) is 74.5 Å². The maximum atomic E-state index is 14.2. The second kappa shape index (κ2) is 23.9. The summed E-state index contributed by atoms with van der Waals surface area (Å²) in [5.74, 6) is -0.634. The van der Waals surface area contributed by atoms with E-state index < -0.39 is 29.0 Å². The lowest BCUT2D eigenvalue weighted by molar-refractivity contribution is -0.144. The Bertz CT molecular complexity index is 3060. The van der Waals surface area contributed by atoms with Crippen LogP contribution in [-0.2, 0) is 37.6 Å². The van der Waals surface area contributed by atoms with Crippen molar-refractivity contribution in [3.63, 3.8) is 0 Å². The molecule has 3 atom stereocenters. The van der Waals surface area contributed by atoms with Gasteiger partial charge in [0.1, 0.15) is 12.1 Å². The van der Waals surface area contributed by atoms with Gasteiger partial charge in [0.15, 0.2) is 5.78 Å². The second-order valence-corrected chi connectivity index (χ2v) is 24.6. The number of aliphatic hydroxyl groups is 1. The highest BCUT2D eigenvalue weighted by Gasteiger charge is 2.45. The van der Waals surface area contributed by atoms with E-state index in [1.54, 1.807) is 17.4 Å². The minimum atomic E-state index is -0.864. The molecule has 3 fully saturated rings. The van der Waals surface area contributed by atoms with Gasteiger partial charge in [0.25, 0.3) is 0 Å². The molecule has 1 aliphatic carbocycles. The number of piperazine rings is 1. The summed E-state index contributed by atoms with van der Waals surface area (Å²) in [7, 11) is 0. The summed E-state index contributed by atoms with van der Waals surface area (Å²) < 4.78 is 0. The molecule has 3 saturated heterocycles. The highest BCUT2D eigenvalue weighted by atomic mass is 32.1. The largest absolute Gasteiger partial charge is 0.391 e. The van der Waals surface area contributed by atoms with Gasteiger partial charge in [-0.05, 0) is 91.0 Å². The fourth-order valence-electron chi connectivity index (χ4n) is 12.4. The van der Waals surface area contributed by atoms with Crippen LogP contribution in [0, 0.1) is 23.7 Å². The number of thiazole rings is 1. The molecule has 4 amide bonds. The average Bonchev–Trinajstić information content (AvgIpc) is 4.32. The summed E-state index contributed by atoms with van der Waals surface area (Å²) in [5, 5.41) is 27.0. The van der Waals surface area contributed by atoms with E-state index in [9.17, 15) is 34.3 Å². The van der Waals surface area contributed by atoms with Crippen LogP contribution >= 0.6 is 11.3 Å². The normalized spacial score (nSPS) is 19.1. The Kier molecular flexibility index (Phi) is 17.3. The van der Waals surface area contributed by atoms with Crippen LogP contribution in [0.1, 0.15) is 162 Å². The number of hydrogen-bond acceptors (Lipinski definition) is 11. The number of anilines is 1. The first kappa shape index (κ1) is 56.3. The maximum Gasteiger partial charge on any atom is 0.246 e. The van der Waals surface area contributed by atoms with Crippen LogP contribution in [0.3, 0.4) is 0 Å². The SMILES string of the molecule is CCc1cc2c(cc1N1CCC(N3CCN(C(=O)CCCCCCCCC(=O)N[C@@H](C(=O)N4C[C@H](O)C[C@H]4C(=O)NCc4ccc(-c5scnc5C)cc4)C(C)(C)C)CC3)CC1)C(C)(C)c1[nH]c3cc(C#N)ccc3c1C2=O. The van der Waals surface area contributed by atoms with Gasteiger partial charge in [0, 0.05) is 111 Å². The number of hydrogen-bond donors (Lipinski definition) is 4. The Hall–Kier alpha value is -6.41. The Morgan fingerprint density at radius 1 is 0.923 bits per heavy atom. The van der Waals surface area contributed by atoms with Crippen LogP contribution in [0.2, 0.25) is 0 Å². The number of H-pyrrole nitrogens is 1. The van der Waals surface area contributed by atoms with E-state index >= 15 is 0 Å². The average molecular weight is 1080 g/mol. The molecule has 15 nitrogen and oxygen atoms in total. The molecule has 0 spiro atoms. The predicted molar refractivity (Wildman–Crippen MR) is 306 cm³/mol. The zero-order chi connectivity index (χ0) is 55.5. The minimum absolute atomic E-state index is 0.0262. The first-order valence-corrected chi connectivity index (χ1v) is 29.3. The Morgan fingerprint density at radius 3 is 2.27 bits per heavy atom. The van der Waals surface area contributed by atoms with Crippen molar-refractivity contribution in [2.75, 3.05) is 50.7 Å². The molecular weight excluding hydrogens is 999 g/mol. The highest BCUT2D eigenvalue weighted by molar-refractivity contribution is 7.13. The van der Waals surface area contributed by atoms with Crippen molar-refractivity contribution >= 4 is 57.3 Å². The molecule has 0 saturated carbocycles. The van der Waals surface area contributed by atoms with Gasteiger partial charge in [-0.2, -0.15) is 5.26 Å². The van der Waals surface area contributed by atoms with Crippen LogP contribution in [0.25, 0.3) is 21.3 Å². The number of rotatable bonds is 18. The summed E-state index contributed by atoms with van der Waals surface area (Å²) in [6, 6.07) is 18.9. The number of nitrogens with one attached hydrogen (secondary N) is 3. The maximum absolute atomic E-state index is 14.2. The van der Waals surface area contributed by atoms with Crippen LogP contribution in [0.15, 0.2) is 60.1 Å². The number of β-amino-alcohol motifs (C(OH)–C–C–N with tert-alkyl or cyclic N) is 1. The summed E-state index contributed by atoms with van der Waals surface area (Å²) in [5.41, 5.74) is 11.0. The standard InChI is InChI=1S/C62H79N9O6S/c1-8-42-32-47-48(62(6,7)57-54(55(47)75)46-22-19-41(35-63)31-49(46)66-57)34-50(42)69-25-23-44(24-26-69)68-27-29-70(30-28-68)53(74)16-14-12-10-9-11-13-15-52(73)67-58(61(3,4)5)60(77)71-37-45(72)33-51(71)59(76)64-36-40-17-20-43(21-18-40)56-39(2)65-38-78-56/h17-22,31-32,34,38,44-45,51,58,66,72H,8-16,23-30,33,36-37H2,1-7H3,(H,64,76)(H,67,73)/t45-,51+,58+/m1/s1. The first-order valence-electron chi connectivity index (χ1n) is 28.5. The van der Waals surface area contributed by atoms with Crippen LogP contribution in [0.4, 0.5) is 5.69 Å². The molecule has 414 valence electrons. The number of benzene rings is 3. The Labute approximate surface area is 464 Å². The zero-order valence-electron chi connectivity index (χ0n) is 46.8. The third kappa shape index (κ3) is 12.1. The van der Waals surface area contributed by atoms with Gasteiger partial charge in [-0.15, -0.1) is 11.3 Å². The molecule has 4 aliphatic rings. The lowest BCUT2D eigenvalue weighted by atomic mass is 9.70. The summed E-state index contributed by atoms with van der Waals surface area (Å²) in [4.78, 5) is 85.9. The number of aryl methyl sites for hydroxylation is 2. The fourth-order valence-corrected chi connectivity index (χ4v) is 13.2. The lowest BCUT2D eigenvalue weighted by Gasteiger charge is -2.44. The minimum Gasteiger partial charge on any atom is -0.391 e. The van der Waals surface area contributed by atoms with Crippen LogP contribution in [0.5, 0.6) is 0 Å². The molecule has 0 unspecified atom stereocenters. The smallest absolute Gasteiger partial charge is 0.246 e. The number of nitriles is 1. The van der Waals surface area contributed by atoms with Crippen molar-refractivity contribution in [1.82, 2.24) is 35.3 Å². The second-order valence-electron chi connectivity index (χ2n) is 23.8. The third-order valence-corrected chi connectivity index (χ3v) is 18.0. The fraction of sp³-hybridized carbons (Fsp3) is 0.532. The van der Waals surface area contributed by atoms with Crippen LogP contribution < -0.4 is 15.5 Å². The van der Waals surface area contributed by atoms with Gasteiger partial charge < -0.3 is 35.4 Å². The highest BCUT2D eigenvalue weighted by Crippen LogP contribution is 2.46. The zero-order valence-corrected chi connectivity index (χ0v) is 47.6. The quantitative estimate of drug-likeness (QED) is 0.0616.